The number of alkyl halides is 3. The molecule has 1 fully saturated rings. The van der Waals surface area contributed by atoms with Crippen LogP contribution in [0.3, 0.4) is 0 Å². The first-order chi connectivity index (χ1) is 15.6. The highest BCUT2D eigenvalue weighted by Gasteiger charge is 2.31. The van der Waals surface area contributed by atoms with Crippen LogP contribution in [0.4, 0.5) is 22.0 Å². The fourth-order valence-corrected chi connectivity index (χ4v) is 3.64. The fraction of sp³-hybridized carbons (Fsp3) is 0.318. The van der Waals surface area contributed by atoms with Crippen LogP contribution in [0.1, 0.15) is 34.8 Å². The Morgan fingerprint density at radius 2 is 1.76 bits per heavy atom. The van der Waals surface area contributed by atoms with E-state index in [1.807, 2.05) is 11.8 Å². The number of rotatable bonds is 4. The minimum Gasteiger partial charge on any atom is -0.337 e. The first-order valence-corrected chi connectivity index (χ1v) is 10.1. The van der Waals surface area contributed by atoms with Gasteiger partial charge in [-0.2, -0.15) is 18.2 Å². The highest BCUT2D eigenvalue weighted by Crippen LogP contribution is 2.32. The molecular weight excluding hydrogens is 447 g/mol. The summed E-state index contributed by atoms with van der Waals surface area (Å²) in [6, 6.07) is 7.37. The van der Waals surface area contributed by atoms with Crippen molar-refractivity contribution in [1.82, 2.24) is 19.9 Å². The van der Waals surface area contributed by atoms with Crippen molar-refractivity contribution in [2.75, 3.05) is 26.2 Å². The zero-order valence-corrected chi connectivity index (χ0v) is 17.4. The van der Waals surface area contributed by atoms with Gasteiger partial charge in [-0.3, -0.25) is 9.69 Å². The summed E-state index contributed by atoms with van der Waals surface area (Å²) in [7, 11) is 0. The van der Waals surface area contributed by atoms with E-state index in [2.05, 4.69) is 10.1 Å². The maximum atomic E-state index is 13.4. The van der Waals surface area contributed by atoms with Gasteiger partial charge in [0, 0.05) is 37.3 Å². The van der Waals surface area contributed by atoms with Crippen LogP contribution in [0.25, 0.3) is 11.4 Å². The molecule has 4 rings (SSSR count). The highest BCUT2D eigenvalue weighted by molar-refractivity contribution is 5.94. The molecule has 1 saturated heterocycles. The maximum absolute atomic E-state index is 13.4. The number of benzene rings is 2. The third-order valence-electron chi connectivity index (χ3n) is 5.56. The number of halogens is 5. The molecule has 33 heavy (non-hydrogen) atoms. The third kappa shape index (κ3) is 4.87. The summed E-state index contributed by atoms with van der Waals surface area (Å²) >= 11 is 0. The van der Waals surface area contributed by atoms with Crippen LogP contribution in [0, 0.1) is 11.6 Å². The van der Waals surface area contributed by atoms with Crippen molar-refractivity contribution in [3.8, 4) is 11.4 Å². The van der Waals surface area contributed by atoms with Crippen molar-refractivity contribution in [3.63, 3.8) is 0 Å². The Bertz CT molecular complexity index is 1160. The molecule has 0 saturated carbocycles. The smallest absolute Gasteiger partial charge is 0.337 e. The second-order valence-corrected chi connectivity index (χ2v) is 7.67. The lowest BCUT2D eigenvalue weighted by atomic mass is 10.1. The second-order valence-electron chi connectivity index (χ2n) is 7.67. The average molecular weight is 466 g/mol. The van der Waals surface area contributed by atoms with Crippen LogP contribution in [0.5, 0.6) is 0 Å². The van der Waals surface area contributed by atoms with Crippen LogP contribution in [-0.2, 0) is 6.18 Å². The van der Waals surface area contributed by atoms with Gasteiger partial charge in [-0.25, -0.2) is 8.78 Å². The molecule has 2 heterocycles. The largest absolute Gasteiger partial charge is 0.416 e. The summed E-state index contributed by atoms with van der Waals surface area (Å²) < 4.78 is 70.7. The topological polar surface area (TPSA) is 62.5 Å². The third-order valence-corrected chi connectivity index (χ3v) is 5.56. The van der Waals surface area contributed by atoms with E-state index < -0.39 is 29.3 Å². The average Bonchev–Trinajstić information content (AvgIpc) is 3.30. The van der Waals surface area contributed by atoms with Crippen molar-refractivity contribution in [2.24, 2.45) is 0 Å². The van der Waals surface area contributed by atoms with Crippen LogP contribution < -0.4 is 0 Å². The van der Waals surface area contributed by atoms with Crippen LogP contribution >= 0.6 is 0 Å². The van der Waals surface area contributed by atoms with E-state index in [1.165, 1.54) is 23.1 Å². The van der Waals surface area contributed by atoms with E-state index in [4.69, 9.17) is 4.52 Å². The molecule has 0 bridgehead atoms. The van der Waals surface area contributed by atoms with E-state index in [9.17, 15) is 26.7 Å². The van der Waals surface area contributed by atoms with E-state index >= 15 is 0 Å². The van der Waals surface area contributed by atoms with E-state index in [-0.39, 0.29) is 28.9 Å². The van der Waals surface area contributed by atoms with Gasteiger partial charge in [0.2, 0.25) is 11.7 Å². The summed E-state index contributed by atoms with van der Waals surface area (Å²) in [5.74, 6) is -2.21. The van der Waals surface area contributed by atoms with Gasteiger partial charge in [-0.1, -0.05) is 17.3 Å². The number of amides is 1. The molecule has 6 nitrogen and oxygen atoms in total. The number of carbonyl (C=O) groups excluding carboxylic acids is 1. The van der Waals surface area contributed by atoms with E-state index in [0.717, 1.165) is 24.3 Å². The van der Waals surface area contributed by atoms with Gasteiger partial charge in [-0.15, -0.1) is 0 Å². The number of hydrogen-bond acceptors (Lipinski definition) is 5. The summed E-state index contributed by atoms with van der Waals surface area (Å²) in [6.07, 6.45) is -4.48. The lowest BCUT2D eigenvalue weighted by Crippen LogP contribution is -2.49. The first kappa shape index (κ1) is 22.8. The number of hydrogen-bond donors (Lipinski definition) is 0. The molecule has 0 N–H and O–H groups in total. The van der Waals surface area contributed by atoms with Gasteiger partial charge in [0.15, 0.2) is 11.6 Å². The number of nitrogens with zero attached hydrogens (tertiary/aromatic N) is 4. The number of aromatic nitrogens is 2. The molecule has 3 aromatic rings. The van der Waals surface area contributed by atoms with Crippen molar-refractivity contribution in [2.45, 2.75) is 19.1 Å². The Morgan fingerprint density at radius 3 is 2.42 bits per heavy atom. The molecule has 1 atom stereocenters. The molecule has 0 aliphatic carbocycles. The molecule has 1 aromatic heterocycles. The van der Waals surface area contributed by atoms with Gasteiger partial charge in [0.05, 0.1) is 11.6 Å². The van der Waals surface area contributed by atoms with Crippen molar-refractivity contribution in [3.05, 3.63) is 71.1 Å². The van der Waals surface area contributed by atoms with Gasteiger partial charge >= 0.3 is 6.18 Å². The SMILES string of the molecule is CC(c1nc(-c2cccc(C(F)(F)F)c2)no1)N1CCN(C(=O)c2ccc(F)c(F)c2)CC1. The summed E-state index contributed by atoms with van der Waals surface area (Å²) in [5.41, 5.74) is -0.548. The Kier molecular flexibility index (Phi) is 6.15. The molecule has 11 heteroatoms. The molecule has 0 radical (unpaired) electrons. The molecule has 2 aromatic carbocycles. The monoisotopic (exact) mass is 466 g/mol. The fourth-order valence-electron chi connectivity index (χ4n) is 3.64. The molecular formula is C22H19F5N4O2. The number of carbonyl (C=O) groups is 1. The molecule has 1 unspecified atom stereocenters. The predicted molar refractivity (Wildman–Crippen MR) is 107 cm³/mol. The maximum Gasteiger partial charge on any atom is 0.416 e. The Balaban J connectivity index is 1.40. The summed E-state index contributed by atoms with van der Waals surface area (Å²) in [6.45, 7) is 3.42. The van der Waals surface area contributed by atoms with E-state index in [1.54, 1.807) is 0 Å². The molecule has 1 aliphatic rings. The molecule has 0 spiro atoms. The summed E-state index contributed by atoms with van der Waals surface area (Å²) in [5, 5.41) is 3.81. The first-order valence-electron chi connectivity index (χ1n) is 10.1. The Hall–Kier alpha value is -3.34. The lowest BCUT2D eigenvalue weighted by molar-refractivity contribution is -0.137. The number of piperazine rings is 1. The lowest BCUT2D eigenvalue weighted by Gasteiger charge is -2.36. The van der Waals surface area contributed by atoms with Crippen molar-refractivity contribution < 1.29 is 31.3 Å². The van der Waals surface area contributed by atoms with Crippen LogP contribution in [-0.4, -0.2) is 52.0 Å². The van der Waals surface area contributed by atoms with Gasteiger partial charge in [-0.05, 0) is 37.3 Å². The molecule has 1 amide bonds. The van der Waals surface area contributed by atoms with Crippen LogP contribution in [0.15, 0.2) is 47.0 Å². The van der Waals surface area contributed by atoms with Crippen LogP contribution in [0.2, 0.25) is 0 Å². The minimum absolute atomic E-state index is 0.0510. The standard InChI is InChI=1S/C22H19F5N4O2/c1-13(20-28-19(29-33-20)14-3-2-4-16(11-14)22(25,26)27)30-7-9-31(10-8-30)21(32)15-5-6-17(23)18(24)12-15/h2-6,11-13H,7-10H2,1H3. The van der Waals surface area contributed by atoms with Gasteiger partial charge in [0.1, 0.15) is 0 Å². The van der Waals surface area contributed by atoms with Crippen molar-refractivity contribution >= 4 is 5.91 Å². The zero-order valence-electron chi connectivity index (χ0n) is 17.4. The Labute approximate surface area is 185 Å². The molecule has 1 aliphatic heterocycles. The summed E-state index contributed by atoms with van der Waals surface area (Å²) in [4.78, 5) is 20.3. The van der Waals surface area contributed by atoms with Crippen molar-refractivity contribution in [1.29, 1.82) is 0 Å². The van der Waals surface area contributed by atoms with E-state index in [0.29, 0.717) is 26.2 Å². The second kappa shape index (κ2) is 8.89. The van der Waals surface area contributed by atoms with Gasteiger partial charge in [0.25, 0.3) is 5.91 Å². The Morgan fingerprint density at radius 1 is 1.03 bits per heavy atom. The van der Waals surface area contributed by atoms with Gasteiger partial charge < -0.3 is 9.42 Å². The quantitative estimate of drug-likeness (QED) is 0.528. The molecule has 174 valence electrons. The normalized spacial score (nSPS) is 16.1. The highest BCUT2D eigenvalue weighted by atomic mass is 19.4. The predicted octanol–water partition coefficient (Wildman–Crippen LogP) is 4.55. The minimum atomic E-state index is -4.48. The zero-order chi connectivity index (χ0) is 23.8.